The number of anilines is 1. The highest BCUT2D eigenvalue weighted by Crippen LogP contribution is 2.33. The number of aromatic nitrogens is 3. The maximum absolute atomic E-state index is 13.2. The van der Waals surface area contributed by atoms with Crippen LogP contribution in [0.25, 0.3) is 16.7 Å². The number of thioether (sulfide) groups is 1. The molecule has 1 amide bonds. The lowest BCUT2D eigenvalue weighted by molar-refractivity contribution is -0.113. The third-order valence-corrected chi connectivity index (χ3v) is 7.14. The van der Waals surface area contributed by atoms with Gasteiger partial charge in [0.15, 0.2) is 10.8 Å². The summed E-state index contributed by atoms with van der Waals surface area (Å²) >= 11 is 2.45. The Bertz CT molecular complexity index is 1430. The van der Waals surface area contributed by atoms with Gasteiger partial charge in [-0.15, -0.1) is 11.3 Å². The summed E-state index contributed by atoms with van der Waals surface area (Å²) in [4.78, 5) is 48.1. The Hall–Kier alpha value is -3.50. The Morgan fingerprint density at radius 2 is 1.91 bits per heavy atom. The SMILES string of the molecule is CCOC(=O)c1c(NC(=O)CSc2nc3ncccc3c(=O)n2-c2ccccc2)sc(C)c1C. The molecule has 0 aliphatic rings. The molecule has 0 atom stereocenters. The largest absolute Gasteiger partial charge is 0.462 e. The van der Waals surface area contributed by atoms with Crippen molar-refractivity contribution in [1.29, 1.82) is 0 Å². The molecule has 1 aromatic carbocycles. The monoisotopic (exact) mass is 494 g/mol. The number of nitrogens with one attached hydrogen (secondary N) is 1. The number of hydrogen-bond donors (Lipinski definition) is 1. The minimum absolute atomic E-state index is 0.0180. The zero-order chi connectivity index (χ0) is 24.2. The van der Waals surface area contributed by atoms with Crippen LogP contribution < -0.4 is 10.9 Å². The number of amides is 1. The van der Waals surface area contributed by atoms with Gasteiger partial charge in [-0.3, -0.25) is 14.2 Å². The highest BCUT2D eigenvalue weighted by molar-refractivity contribution is 7.99. The van der Waals surface area contributed by atoms with E-state index in [0.717, 1.165) is 22.2 Å². The fourth-order valence-electron chi connectivity index (χ4n) is 3.36. The number of aryl methyl sites for hydroxylation is 1. The first kappa shape index (κ1) is 23.7. The van der Waals surface area contributed by atoms with E-state index in [1.807, 2.05) is 32.0 Å². The third-order valence-electron chi connectivity index (χ3n) is 5.08. The smallest absolute Gasteiger partial charge is 0.341 e. The van der Waals surface area contributed by atoms with Gasteiger partial charge in [0.1, 0.15) is 5.00 Å². The zero-order valence-electron chi connectivity index (χ0n) is 18.8. The van der Waals surface area contributed by atoms with Gasteiger partial charge in [0.05, 0.1) is 29.0 Å². The second-order valence-electron chi connectivity index (χ2n) is 7.29. The van der Waals surface area contributed by atoms with E-state index in [9.17, 15) is 14.4 Å². The predicted molar refractivity (Wildman–Crippen MR) is 134 cm³/mol. The van der Waals surface area contributed by atoms with E-state index in [2.05, 4.69) is 15.3 Å². The van der Waals surface area contributed by atoms with Crippen LogP contribution in [0.3, 0.4) is 0 Å². The van der Waals surface area contributed by atoms with Crippen LogP contribution in [0, 0.1) is 13.8 Å². The lowest BCUT2D eigenvalue weighted by Gasteiger charge is -2.13. The molecule has 0 bridgehead atoms. The molecule has 0 saturated carbocycles. The number of thiophene rings is 1. The van der Waals surface area contributed by atoms with Crippen molar-refractivity contribution in [3.63, 3.8) is 0 Å². The molecular formula is C24H22N4O4S2. The van der Waals surface area contributed by atoms with E-state index in [-0.39, 0.29) is 23.8 Å². The minimum Gasteiger partial charge on any atom is -0.462 e. The van der Waals surface area contributed by atoms with E-state index in [1.165, 1.54) is 15.9 Å². The molecule has 8 nitrogen and oxygen atoms in total. The van der Waals surface area contributed by atoms with Crippen molar-refractivity contribution >= 4 is 51.0 Å². The molecule has 4 aromatic rings. The van der Waals surface area contributed by atoms with Gasteiger partial charge in [0, 0.05) is 11.1 Å². The number of esters is 1. The van der Waals surface area contributed by atoms with Crippen LogP contribution in [0.15, 0.2) is 58.6 Å². The van der Waals surface area contributed by atoms with E-state index >= 15 is 0 Å². The molecule has 0 fully saturated rings. The van der Waals surface area contributed by atoms with E-state index < -0.39 is 5.97 Å². The number of ether oxygens (including phenoxy) is 1. The number of hydrogen-bond acceptors (Lipinski definition) is 8. The van der Waals surface area contributed by atoms with Gasteiger partial charge in [-0.2, -0.15) is 0 Å². The number of benzene rings is 1. The molecule has 174 valence electrons. The molecule has 4 rings (SSSR count). The van der Waals surface area contributed by atoms with Crippen LogP contribution in [-0.2, 0) is 9.53 Å². The van der Waals surface area contributed by atoms with Gasteiger partial charge in [0.25, 0.3) is 5.56 Å². The first-order valence-corrected chi connectivity index (χ1v) is 12.3. The predicted octanol–water partition coefficient (Wildman–Crippen LogP) is 4.37. The molecule has 10 heteroatoms. The maximum atomic E-state index is 13.2. The average Bonchev–Trinajstić information content (AvgIpc) is 3.11. The first-order chi connectivity index (χ1) is 16.4. The summed E-state index contributed by atoms with van der Waals surface area (Å²) in [7, 11) is 0. The van der Waals surface area contributed by atoms with Gasteiger partial charge in [-0.1, -0.05) is 30.0 Å². The quantitative estimate of drug-likeness (QED) is 0.231. The van der Waals surface area contributed by atoms with Crippen LogP contribution in [0.4, 0.5) is 5.00 Å². The van der Waals surface area contributed by atoms with Crippen LogP contribution >= 0.6 is 23.1 Å². The highest BCUT2D eigenvalue weighted by atomic mass is 32.2. The van der Waals surface area contributed by atoms with Crippen LogP contribution in [0.5, 0.6) is 0 Å². The number of rotatable bonds is 7. The molecule has 0 unspecified atom stereocenters. The number of carbonyl (C=O) groups excluding carboxylic acids is 2. The van der Waals surface area contributed by atoms with Gasteiger partial charge >= 0.3 is 5.97 Å². The van der Waals surface area contributed by atoms with Crippen molar-refractivity contribution in [2.45, 2.75) is 25.9 Å². The molecule has 0 radical (unpaired) electrons. The Kier molecular flexibility index (Phi) is 7.09. The van der Waals surface area contributed by atoms with Gasteiger partial charge in [-0.05, 0) is 50.6 Å². The Morgan fingerprint density at radius 3 is 2.65 bits per heavy atom. The van der Waals surface area contributed by atoms with Crippen molar-refractivity contribution < 1.29 is 14.3 Å². The van der Waals surface area contributed by atoms with Crippen molar-refractivity contribution in [2.75, 3.05) is 17.7 Å². The Labute approximate surface area is 204 Å². The van der Waals surface area contributed by atoms with E-state index in [0.29, 0.717) is 32.4 Å². The summed E-state index contributed by atoms with van der Waals surface area (Å²) < 4.78 is 6.63. The Balaban J connectivity index is 1.62. The molecule has 1 N–H and O–H groups in total. The fraction of sp³-hybridized carbons (Fsp3) is 0.208. The van der Waals surface area contributed by atoms with Gasteiger partial charge in [0.2, 0.25) is 5.91 Å². The number of carbonyl (C=O) groups is 2. The number of nitrogens with zero attached hydrogens (tertiary/aromatic N) is 3. The molecule has 0 aliphatic heterocycles. The molecule has 3 aromatic heterocycles. The van der Waals surface area contributed by atoms with Gasteiger partial charge < -0.3 is 10.1 Å². The average molecular weight is 495 g/mol. The summed E-state index contributed by atoms with van der Waals surface area (Å²) in [5, 5.41) is 4.01. The number of fused-ring (bicyclic) bond motifs is 1. The molecule has 0 aliphatic carbocycles. The minimum atomic E-state index is -0.465. The third kappa shape index (κ3) is 4.73. The lowest BCUT2D eigenvalue weighted by Crippen LogP contribution is -2.23. The van der Waals surface area contributed by atoms with Gasteiger partial charge in [-0.25, -0.2) is 14.8 Å². The standard InChI is InChI=1S/C24H22N4O4S2/c1-4-32-23(31)19-14(2)15(3)34-21(19)26-18(29)13-33-24-27-20-17(11-8-12-25-20)22(30)28(24)16-9-6-5-7-10-16/h5-12H,4,13H2,1-3H3,(H,26,29). The second kappa shape index (κ2) is 10.2. The molecule has 3 heterocycles. The lowest BCUT2D eigenvalue weighted by atomic mass is 10.1. The van der Waals surface area contributed by atoms with E-state index in [1.54, 1.807) is 37.4 Å². The molecular weight excluding hydrogens is 472 g/mol. The normalized spacial score (nSPS) is 10.9. The fourth-order valence-corrected chi connectivity index (χ4v) is 5.22. The second-order valence-corrected chi connectivity index (χ2v) is 9.46. The van der Waals surface area contributed by atoms with Crippen LogP contribution in [-0.4, -0.2) is 38.8 Å². The maximum Gasteiger partial charge on any atom is 0.341 e. The summed E-state index contributed by atoms with van der Waals surface area (Å²) in [5.41, 5.74) is 1.85. The first-order valence-electron chi connectivity index (χ1n) is 10.5. The summed E-state index contributed by atoms with van der Waals surface area (Å²) in [6, 6.07) is 12.5. The van der Waals surface area contributed by atoms with Crippen molar-refractivity contribution in [1.82, 2.24) is 14.5 Å². The topological polar surface area (TPSA) is 103 Å². The van der Waals surface area contributed by atoms with Crippen molar-refractivity contribution in [2.24, 2.45) is 0 Å². The van der Waals surface area contributed by atoms with Crippen molar-refractivity contribution in [3.05, 3.63) is 75.0 Å². The number of para-hydroxylation sites is 1. The summed E-state index contributed by atoms with van der Waals surface area (Å²) in [6.07, 6.45) is 1.57. The zero-order valence-corrected chi connectivity index (χ0v) is 20.5. The summed E-state index contributed by atoms with van der Waals surface area (Å²) in [6.45, 7) is 5.69. The van der Waals surface area contributed by atoms with Crippen molar-refractivity contribution in [3.8, 4) is 5.69 Å². The molecule has 34 heavy (non-hydrogen) atoms. The van der Waals surface area contributed by atoms with Crippen LogP contribution in [0.1, 0.15) is 27.7 Å². The molecule has 0 saturated heterocycles. The highest BCUT2D eigenvalue weighted by Gasteiger charge is 2.22. The number of pyridine rings is 1. The molecule has 0 spiro atoms. The van der Waals surface area contributed by atoms with Crippen LogP contribution in [0.2, 0.25) is 0 Å². The summed E-state index contributed by atoms with van der Waals surface area (Å²) in [5.74, 6) is -0.810. The Morgan fingerprint density at radius 1 is 1.15 bits per heavy atom. The van der Waals surface area contributed by atoms with E-state index in [4.69, 9.17) is 4.74 Å².